The van der Waals surface area contributed by atoms with Gasteiger partial charge in [-0.05, 0) is 6.42 Å². The summed E-state index contributed by atoms with van der Waals surface area (Å²) in [5, 5.41) is 0. The first kappa shape index (κ1) is 8.31. The molecular formula is C5H7O3P. The molecule has 0 aliphatic heterocycles. The minimum atomic E-state index is -0.579. The normalized spacial score (nSPS) is 8.89. The Labute approximate surface area is 55.0 Å². The molecule has 0 saturated carbocycles. The molecule has 9 heavy (non-hydrogen) atoms. The number of carbonyl (C=O) groups is 1. The summed E-state index contributed by atoms with van der Waals surface area (Å²) in [6, 6.07) is 0. The molecule has 0 aromatic carbocycles. The number of rotatable bonds is 4. The van der Waals surface area contributed by atoms with Crippen LogP contribution < -0.4 is 0 Å². The molecule has 0 aromatic rings. The Kier molecular flexibility index (Phi) is 5.03. The first-order valence-electron chi connectivity index (χ1n) is 2.44. The van der Waals surface area contributed by atoms with Gasteiger partial charge >= 0.3 is 14.7 Å². The number of hydrogen-bond acceptors (Lipinski definition) is 3. The lowest BCUT2D eigenvalue weighted by Crippen LogP contribution is -1.94. The van der Waals surface area contributed by atoms with Crippen molar-refractivity contribution in [1.29, 1.82) is 0 Å². The highest BCUT2D eigenvalue weighted by Gasteiger charge is 1.98. The Morgan fingerprint density at radius 1 is 1.78 bits per heavy atom. The van der Waals surface area contributed by atoms with Crippen molar-refractivity contribution in [2.75, 3.05) is 0 Å². The van der Waals surface area contributed by atoms with Gasteiger partial charge in [0.15, 0.2) is 0 Å². The van der Waals surface area contributed by atoms with E-state index in [-0.39, 0.29) is 6.42 Å². The lowest BCUT2D eigenvalue weighted by atomic mass is 10.3. The van der Waals surface area contributed by atoms with Crippen LogP contribution in [0.25, 0.3) is 0 Å². The zero-order valence-electron chi connectivity index (χ0n) is 4.87. The molecule has 0 unspecified atom stereocenters. The van der Waals surface area contributed by atoms with E-state index in [1.54, 1.807) is 6.08 Å². The van der Waals surface area contributed by atoms with Crippen LogP contribution in [0, 0.1) is 0 Å². The third-order valence-electron chi connectivity index (χ3n) is 0.692. The van der Waals surface area contributed by atoms with Crippen LogP contribution in [-0.4, -0.2) is 5.97 Å². The smallest absolute Gasteiger partial charge is 0.373 e. The molecule has 0 heterocycles. The molecule has 0 fully saturated rings. The Morgan fingerprint density at radius 3 is 2.89 bits per heavy atom. The fourth-order valence-electron chi connectivity index (χ4n) is 0.307. The standard InChI is InChI=1S/C5H7O3P/c1-2-3-4-5(6)8-9-7/h2H,1,3-4H2. The molecule has 0 aliphatic rings. The molecular weight excluding hydrogens is 139 g/mol. The van der Waals surface area contributed by atoms with Crippen molar-refractivity contribution < 1.29 is 13.9 Å². The zero-order chi connectivity index (χ0) is 7.11. The third kappa shape index (κ3) is 5.18. The molecule has 50 valence electrons. The van der Waals surface area contributed by atoms with Crippen LogP contribution in [0.2, 0.25) is 0 Å². The van der Waals surface area contributed by atoms with Gasteiger partial charge in [-0.2, -0.15) is 0 Å². The maximum atomic E-state index is 10.3. The maximum Gasteiger partial charge on any atom is 0.398 e. The number of carbonyl (C=O) groups excluding carboxylic acids is 1. The lowest BCUT2D eigenvalue weighted by Gasteiger charge is -1.89. The SMILES string of the molecule is C=CCCC(=O)OP=O. The highest BCUT2D eigenvalue weighted by molar-refractivity contribution is 7.18. The van der Waals surface area contributed by atoms with Gasteiger partial charge in [-0.15, -0.1) is 6.58 Å². The van der Waals surface area contributed by atoms with Gasteiger partial charge in [-0.1, -0.05) is 6.08 Å². The van der Waals surface area contributed by atoms with Crippen LogP contribution in [0.5, 0.6) is 0 Å². The second kappa shape index (κ2) is 5.45. The average molecular weight is 146 g/mol. The van der Waals surface area contributed by atoms with E-state index in [4.69, 9.17) is 0 Å². The Morgan fingerprint density at radius 2 is 2.44 bits per heavy atom. The van der Waals surface area contributed by atoms with Crippen molar-refractivity contribution in [3.05, 3.63) is 12.7 Å². The second-order valence-corrected chi connectivity index (χ2v) is 1.70. The van der Waals surface area contributed by atoms with Crippen LogP contribution in [0.1, 0.15) is 12.8 Å². The van der Waals surface area contributed by atoms with E-state index in [0.29, 0.717) is 6.42 Å². The van der Waals surface area contributed by atoms with Gasteiger partial charge in [0, 0.05) is 6.42 Å². The molecule has 3 nitrogen and oxygen atoms in total. The lowest BCUT2D eigenvalue weighted by molar-refractivity contribution is -0.133. The summed E-state index contributed by atoms with van der Waals surface area (Å²) in [7, 11) is -0.579. The van der Waals surface area contributed by atoms with Crippen molar-refractivity contribution in [1.82, 2.24) is 0 Å². The van der Waals surface area contributed by atoms with Gasteiger partial charge in [0.2, 0.25) is 0 Å². The first-order chi connectivity index (χ1) is 4.31. The number of allylic oxidation sites excluding steroid dienone is 1. The molecule has 0 aromatic heterocycles. The predicted octanol–water partition coefficient (Wildman–Crippen LogP) is 1.70. The fraction of sp³-hybridized carbons (Fsp3) is 0.400. The van der Waals surface area contributed by atoms with Gasteiger partial charge in [-0.25, -0.2) is 4.57 Å². The van der Waals surface area contributed by atoms with E-state index in [9.17, 15) is 9.36 Å². The van der Waals surface area contributed by atoms with Crippen molar-refractivity contribution in [2.24, 2.45) is 0 Å². The highest BCUT2D eigenvalue weighted by atomic mass is 31.1. The molecule has 0 aliphatic carbocycles. The Hall–Kier alpha value is -0.690. The predicted molar refractivity (Wildman–Crippen MR) is 33.1 cm³/mol. The fourth-order valence-corrected chi connectivity index (χ4v) is 0.482. The summed E-state index contributed by atoms with van der Waals surface area (Å²) in [5.74, 6) is -0.466. The molecule has 0 N–H and O–H groups in total. The number of hydrogen-bond donors (Lipinski definition) is 0. The van der Waals surface area contributed by atoms with Gasteiger partial charge in [0.05, 0.1) is 0 Å². The molecule has 0 atom stereocenters. The summed E-state index contributed by atoms with van der Waals surface area (Å²) in [4.78, 5) is 10.3. The van der Waals surface area contributed by atoms with Crippen molar-refractivity contribution in [2.45, 2.75) is 12.8 Å². The van der Waals surface area contributed by atoms with E-state index in [0.717, 1.165) is 0 Å². The Balaban J connectivity index is 3.26. The summed E-state index contributed by atoms with van der Waals surface area (Å²) < 4.78 is 13.7. The minimum absolute atomic E-state index is 0.249. The summed E-state index contributed by atoms with van der Waals surface area (Å²) >= 11 is 0. The molecule has 0 spiro atoms. The summed E-state index contributed by atoms with van der Waals surface area (Å²) in [5.41, 5.74) is 0. The first-order valence-corrected chi connectivity index (χ1v) is 3.17. The van der Waals surface area contributed by atoms with E-state index < -0.39 is 14.7 Å². The molecule has 0 bridgehead atoms. The van der Waals surface area contributed by atoms with Crippen LogP contribution >= 0.6 is 8.69 Å². The van der Waals surface area contributed by atoms with Crippen molar-refractivity contribution >= 4 is 14.7 Å². The van der Waals surface area contributed by atoms with Crippen LogP contribution in [-0.2, 0) is 13.9 Å². The molecule has 0 saturated heterocycles. The average Bonchev–Trinajstić information content (AvgIpc) is 1.85. The highest BCUT2D eigenvalue weighted by Crippen LogP contribution is 2.00. The second-order valence-electron chi connectivity index (χ2n) is 1.37. The monoisotopic (exact) mass is 146 g/mol. The minimum Gasteiger partial charge on any atom is -0.373 e. The maximum absolute atomic E-state index is 10.3. The topological polar surface area (TPSA) is 43.4 Å². The van der Waals surface area contributed by atoms with E-state index in [1.807, 2.05) is 0 Å². The van der Waals surface area contributed by atoms with Crippen molar-refractivity contribution in [3.63, 3.8) is 0 Å². The summed E-state index contributed by atoms with van der Waals surface area (Å²) in [6.45, 7) is 3.40. The van der Waals surface area contributed by atoms with Gasteiger partial charge < -0.3 is 4.52 Å². The molecule has 0 rings (SSSR count). The Bertz CT molecular complexity index is 121. The van der Waals surface area contributed by atoms with Crippen molar-refractivity contribution in [3.8, 4) is 0 Å². The molecule has 4 heteroatoms. The van der Waals surface area contributed by atoms with Crippen LogP contribution in [0.15, 0.2) is 12.7 Å². The quantitative estimate of drug-likeness (QED) is 0.447. The van der Waals surface area contributed by atoms with Crippen LogP contribution in [0.3, 0.4) is 0 Å². The van der Waals surface area contributed by atoms with Gasteiger partial charge in [-0.3, -0.25) is 4.79 Å². The van der Waals surface area contributed by atoms with E-state index >= 15 is 0 Å². The van der Waals surface area contributed by atoms with Gasteiger partial charge in [0.25, 0.3) is 0 Å². The zero-order valence-corrected chi connectivity index (χ0v) is 5.77. The molecule has 0 amide bonds. The van der Waals surface area contributed by atoms with E-state index in [2.05, 4.69) is 11.1 Å². The van der Waals surface area contributed by atoms with Crippen LogP contribution in [0.4, 0.5) is 0 Å². The largest absolute Gasteiger partial charge is 0.398 e. The van der Waals surface area contributed by atoms with Gasteiger partial charge in [0.1, 0.15) is 0 Å². The summed E-state index contributed by atoms with van der Waals surface area (Å²) in [6.07, 6.45) is 2.41. The molecule has 0 radical (unpaired) electrons. The van der Waals surface area contributed by atoms with E-state index in [1.165, 1.54) is 0 Å². The third-order valence-corrected chi connectivity index (χ3v) is 0.970.